The van der Waals surface area contributed by atoms with Gasteiger partial charge >= 0.3 is 6.09 Å². The fourth-order valence-corrected chi connectivity index (χ4v) is 5.69. The third-order valence-electron chi connectivity index (χ3n) is 4.94. The Labute approximate surface area is 169 Å². The normalized spacial score (nSPS) is 23.5. The van der Waals surface area contributed by atoms with E-state index in [1.165, 1.54) is 28.0 Å². The van der Waals surface area contributed by atoms with Crippen molar-refractivity contribution in [3.63, 3.8) is 0 Å². The smallest absolute Gasteiger partial charge is 0.407 e. The molecule has 2 atom stereocenters. The van der Waals surface area contributed by atoms with Crippen LogP contribution in [0.5, 0.6) is 0 Å². The molecule has 142 valence electrons. The summed E-state index contributed by atoms with van der Waals surface area (Å²) in [5.41, 5.74) is -0.244. The number of nitriles is 1. The maximum Gasteiger partial charge on any atom is 0.407 e. The van der Waals surface area contributed by atoms with E-state index >= 15 is 0 Å². The highest BCUT2D eigenvalue weighted by Crippen LogP contribution is 2.47. The van der Waals surface area contributed by atoms with Crippen molar-refractivity contribution in [1.82, 2.24) is 10.2 Å². The first kappa shape index (κ1) is 18.5. The molecule has 2 amide bonds. The SMILES string of the molecule is N#Cc1ccc([C@]23CN(C(=O)O)C[C@H]2CSC(NC(=O)c2ccccc2)=N3)s1. The van der Waals surface area contributed by atoms with E-state index in [9.17, 15) is 20.0 Å². The highest BCUT2D eigenvalue weighted by atomic mass is 32.2. The van der Waals surface area contributed by atoms with E-state index in [1.807, 2.05) is 12.1 Å². The van der Waals surface area contributed by atoms with Crippen LogP contribution in [0.15, 0.2) is 47.5 Å². The van der Waals surface area contributed by atoms with E-state index in [1.54, 1.807) is 30.3 Å². The molecule has 2 N–H and O–H groups in total. The number of hydrogen-bond donors (Lipinski definition) is 2. The lowest BCUT2D eigenvalue weighted by Gasteiger charge is -2.34. The number of carbonyl (C=O) groups excluding carboxylic acids is 1. The first-order valence-corrected chi connectivity index (χ1v) is 10.4. The molecule has 1 fully saturated rings. The van der Waals surface area contributed by atoms with Gasteiger partial charge in [0.1, 0.15) is 16.5 Å². The zero-order valence-corrected chi connectivity index (χ0v) is 16.3. The lowest BCUT2D eigenvalue weighted by atomic mass is 9.87. The Morgan fingerprint density at radius 3 is 2.75 bits per heavy atom. The summed E-state index contributed by atoms with van der Waals surface area (Å²) >= 11 is 2.75. The largest absolute Gasteiger partial charge is 0.465 e. The number of amides is 2. The zero-order chi connectivity index (χ0) is 19.7. The maximum absolute atomic E-state index is 12.5. The van der Waals surface area contributed by atoms with Crippen LogP contribution in [0.2, 0.25) is 0 Å². The van der Waals surface area contributed by atoms with Crippen LogP contribution in [0.4, 0.5) is 4.79 Å². The molecule has 28 heavy (non-hydrogen) atoms. The predicted octanol–water partition coefficient (Wildman–Crippen LogP) is 2.96. The van der Waals surface area contributed by atoms with E-state index in [0.717, 1.165) is 4.88 Å². The summed E-state index contributed by atoms with van der Waals surface area (Å²) in [5.74, 6) is 0.367. The summed E-state index contributed by atoms with van der Waals surface area (Å²) in [5, 5.41) is 22.0. The van der Waals surface area contributed by atoms with E-state index in [0.29, 0.717) is 27.9 Å². The molecule has 7 nitrogen and oxygen atoms in total. The maximum atomic E-state index is 12.5. The van der Waals surface area contributed by atoms with Crippen LogP contribution >= 0.6 is 23.1 Å². The van der Waals surface area contributed by atoms with Crippen molar-refractivity contribution in [2.24, 2.45) is 10.9 Å². The summed E-state index contributed by atoms with van der Waals surface area (Å²) in [4.78, 5) is 31.7. The van der Waals surface area contributed by atoms with Crippen molar-refractivity contribution < 1.29 is 14.7 Å². The zero-order valence-electron chi connectivity index (χ0n) is 14.7. The second-order valence-electron chi connectivity index (χ2n) is 6.61. The second-order valence-corrected chi connectivity index (χ2v) is 8.70. The Hall–Kier alpha value is -2.83. The molecule has 9 heteroatoms. The minimum Gasteiger partial charge on any atom is -0.465 e. The number of thioether (sulfide) groups is 1. The Morgan fingerprint density at radius 1 is 1.29 bits per heavy atom. The molecule has 0 spiro atoms. The van der Waals surface area contributed by atoms with Crippen molar-refractivity contribution in [3.8, 4) is 6.07 Å². The standard InChI is InChI=1S/C19H16N4O3S2/c20-8-14-6-7-15(28-14)19-11-23(18(25)26)9-13(19)10-27-17(22-19)21-16(24)12-4-2-1-3-5-12/h1-7,13H,9-11H2,(H,25,26)(H,21,22,24)/t13-,19-/m0/s1. The number of fused-ring (bicyclic) bond motifs is 1. The van der Waals surface area contributed by atoms with Gasteiger partial charge in [-0.25, -0.2) is 9.79 Å². The van der Waals surface area contributed by atoms with Crippen molar-refractivity contribution in [1.29, 1.82) is 5.26 Å². The summed E-state index contributed by atoms with van der Waals surface area (Å²) in [6.45, 7) is 0.592. The van der Waals surface area contributed by atoms with Crippen LogP contribution in [0.3, 0.4) is 0 Å². The average Bonchev–Trinajstić information content (AvgIpc) is 3.34. The lowest BCUT2D eigenvalue weighted by molar-refractivity contribution is 0.0977. The average molecular weight is 412 g/mol. The van der Waals surface area contributed by atoms with Crippen LogP contribution in [0, 0.1) is 17.2 Å². The molecule has 0 radical (unpaired) electrons. The number of likely N-dealkylation sites (tertiary alicyclic amines) is 1. The Kier molecular flexibility index (Phi) is 4.83. The number of carbonyl (C=O) groups is 2. The van der Waals surface area contributed by atoms with Crippen LogP contribution in [0.1, 0.15) is 20.1 Å². The Balaban J connectivity index is 1.69. The molecule has 2 aliphatic rings. The summed E-state index contributed by atoms with van der Waals surface area (Å²) < 4.78 is 0. The van der Waals surface area contributed by atoms with Gasteiger partial charge in [0.05, 0.1) is 6.54 Å². The number of nitrogens with zero attached hydrogens (tertiary/aromatic N) is 3. The highest BCUT2D eigenvalue weighted by Gasteiger charge is 2.52. The van der Waals surface area contributed by atoms with E-state index < -0.39 is 11.6 Å². The lowest BCUT2D eigenvalue weighted by Crippen LogP contribution is -2.42. The van der Waals surface area contributed by atoms with Gasteiger partial charge in [0.25, 0.3) is 5.91 Å². The summed E-state index contributed by atoms with van der Waals surface area (Å²) in [7, 11) is 0. The fraction of sp³-hybridized carbons (Fsp3) is 0.263. The molecule has 4 rings (SSSR count). The number of nitrogens with one attached hydrogen (secondary N) is 1. The van der Waals surface area contributed by atoms with Gasteiger partial charge in [0.2, 0.25) is 0 Å². The molecular formula is C19H16N4O3S2. The van der Waals surface area contributed by atoms with Gasteiger partial charge in [-0.05, 0) is 24.3 Å². The number of amidine groups is 1. The van der Waals surface area contributed by atoms with Crippen molar-refractivity contribution in [3.05, 3.63) is 57.8 Å². The van der Waals surface area contributed by atoms with Crippen molar-refractivity contribution >= 4 is 40.3 Å². The van der Waals surface area contributed by atoms with Gasteiger partial charge in [-0.15, -0.1) is 11.3 Å². The van der Waals surface area contributed by atoms with Crippen molar-refractivity contribution in [2.75, 3.05) is 18.8 Å². The number of benzene rings is 1. The quantitative estimate of drug-likeness (QED) is 0.789. The van der Waals surface area contributed by atoms with Crippen molar-refractivity contribution in [2.45, 2.75) is 5.54 Å². The van der Waals surface area contributed by atoms with E-state index in [-0.39, 0.29) is 18.4 Å². The minimum absolute atomic E-state index is 0.0174. The van der Waals surface area contributed by atoms with Gasteiger partial charge in [-0.2, -0.15) is 5.26 Å². The molecular weight excluding hydrogens is 396 g/mol. The number of aliphatic imine (C=N–C) groups is 1. The fourth-order valence-electron chi connectivity index (χ4n) is 3.55. The second kappa shape index (κ2) is 7.30. The van der Waals surface area contributed by atoms with Crippen LogP contribution in [-0.4, -0.2) is 46.0 Å². The highest BCUT2D eigenvalue weighted by molar-refractivity contribution is 8.13. The third kappa shape index (κ3) is 3.25. The molecule has 3 heterocycles. The van der Waals surface area contributed by atoms with Crippen LogP contribution < -0.4 is 5.32 Å². The van der Waals surface area contributed by atoms with Gasteiger partial charge in [0.15, 0.2) is 5.17 Å². The number of carboxylic acid groups (broad SMARTS) is 1. The molecule has 0 aliphatic carbocycles. The van der Waals surface area contributed by atoms with Crippen LogP contribution in [0.25, 0.3) is 0 Å². The minimum atomic E-state index is -0.985. The van der Waals surface area contributed by atoms with Crippen LogP contribution in [-0.2, 0) is 5.54 Å². The molecule has 0 unspecified atom stereocenters. The first-order valence-electron chi connectivity index (χ1n) is 8.59. The number of hydrogen-bond acceptors (Lipinski definition) is 6. The molecule has 0 saturated carbocycles. The first-order chi connectivity index (χ1) is 13.5. The number of rotatable bonds is 2. The Morgan fingerprint density at radius 2 is 2.07 bits per heavy atom. The predicted molar refractivity (Wildman–Crippen MR) is 108 cm³/mol. The molecule has 1 aromatic carbocycles. The van der Waals surface area contributed by atoms with Gasteiger partial charge in [0, 0.05) is 28.7 Å². The Bertz CT molecular complexity index is 998. The monoisotopic (exact) mass is 412 g/mol. The topological polar surface area (TPSA) is 106 Å². The summed E-state index contributed by atoms with van der Waals surface area (Å²) in [6, 6.07) is 14.6. The van der Waals surface area contributed by atoms with Gasteiger partial charge < -0.3 is 15.3 Å². The molecule has 1 saturated heterocycles. The molecule has 2 aliphatic heterocycles. The summed E-state index contributed by atoms with van der Waals surface area (Å²) in [6.07, 6.45) is -0.985. The molecule has 2 aromatic rings. The number of thiophene rings is 1. The van der Waals surface area contributed by atoms with Gasteiger partial charge in [-0.1, -0.05) is 30.0 Å². The molecule has 1 aromatic heterocycles. The molecule has 0 bridgehead atoms. The third-order valence-corrected chi connectivity index (χ3v) is 7.13. The van der Waals surface area contributed by atoms with Gasteiger partial charge in [-0.3, -0.25) is 4.79 Å². The van der Waals surface area contributed by atoms with E-state index in [4.69, 9.17) is 4.99 Å². The van der Waals surface area contributed by atoms with E-state index in [2.05, 4.69) is 11.4 Å².